The third kappa shape index (κ3) is 3.89. The summed E-state index contributed by atoms with van der Waals surface area (Å²) in [6.45, 7) is 4.70. The molecule has 0 amide bonds. The Bertz CT molecular complexity index is 349. The molecule has 4 nitrogen and oxygen atoms in total. The van der Waals surface area contributed by atoms with Crippen LogP contribution in [0.1, 0.15) is 18.9 Å². The third-order valence-corrected chi connectivity index (χ3v) is 2.83. The van der Waals surface area contributed by atoms with Crippen LogP contribution in [0.5, 0.6) is 11.5 Å². The molecule has 0 aliphatic rings. The molecule has 0 aromatic heterocycles. The van der Waals surface area contributed by atoms with E-state index in [9.17, 15) is 0 Å². The van der Waals surface area contributed by atoms with Crippen LogP contribution in [0, 0.1) is 0 Å². The van der Waals surface area contributed by atoms with Crippen molar-refractivity contribution in [2.75, 3.05) is 33.9 Å². The predicted octanol–water partition coefficient (Wildman–Crippen LogP) is 1.91. The number of nitrogens with zero attached hydrogens (tertiary/aromatic N) is 1. The van der Waals surface area contributed by atoms with E-state index in [1.807, 2.05) is 18.2 Å². The van der Waals surface area contributed by atoms with E-state index >= 15 is 0 Å². The molecule has 0 bridgehead atoms. The van der Waals surface area contributed by atoms with Crippen molar-refractivity contribution in [2.24, 2.45) is 0 Å². The fraction of sp³-hybridized carbons (Fsp3) is 0.571. The van der Waals surface area contributed by atoms with Crippen molar-refractivity contribution in [3.63, 3.8) is 0 Å². The first kappa shape index (κ1) is 14.8. The van der Waals surface area contributed by atoms with E-state index < -0.39 is 0 Å². The van der Waals surface area contributed by atoms with Gasteiger partial charge in [0.15, 0.2) is 11.5 Å². The lowest BCUT2D eigenvalue weighted by Gasteiger charge is -2.22. The Morgan fingerprint density at radius 1 is 1.17 bits per heavy atom. The second-order valence-electron chi connectivity index (χ2n) is 4.15. The van der Waals surface area contributed by atoms with Crippen LogP contribution < -0.4 is 9.47 Å². The molecule has 18 heavy (non-hydrogen) atoms. The van der Waals surface area contributed by atoms with Crippen molar-refractivity contribution in [1.29, 1.82) is 0 Å². The van der Waals surface area contributed by atoms with Gasteiger partial charge in [-0.3, -0.25) is 4.90 Å². The fourth-order valence-corrected chi connectivity index (χ4v) is 2.05. The van der Waals surface area contributed by atoms with E-state index in [0.29, 0.717) is 6.54 Å². The summed E-state index contributed by atoms with van der Waals surface area (Å²) in [6.07, 6.45) is 1.06. The lowest BCUT2D eigenvalue weighted by Crippen LogP contribution is -2.27. The van der Waals surface area contributed by atoms with E-state index in [1.165, 1.54) is 0 Å². The van der Waals surface area contributed by atoms with E-state index in [-0.39, 0.29) is 6.61 Å². The monoisotopic (exact) mass is 253 g/mol. The van der Waals surface area contributed by atoms with Gasteiger partial charge in [0.25, 0.3) is 0 Å². The van der Waals surface area contributed by atoms with Crippen LogP contribution in [-0.4, -0.2) is 43.9 Å². The van der Waals surface area contributed by atoms with Gasteiger partial charge in [0.1, 0.15) is 0 Å². The molecular weight excluding hydrogens is 230 g/mol. The highest BCUT2D eigenvalue weighted by atomic mass is 16.5. The number of aliphatic hydroxyl groups excluding tert-OH is 1. The second-order valence-corrected chi connectivity index (χ2v) is 4.15. The van der Waals surface area contributed by atoms with Crippen molar-refractivity contribution < 1.29 is 14.6 Å². The van der Waals surface area contributed by atoms with E-state index in [2.05, 4.69) is 11.8 Å². The van der Waals surface area contributed by atoms with Crippen molar-refractivity contribution in [1.82, 2.24) is 4.90 Å². The third-order valence-electron chi connectivity index (χ3n) is 2.83. The zero-order valence-corrected chi connectivity index (χ0v) is 11.5. The Labute approximate surface area is 109 Å². The van der Waals surface area contributed by atoms with Gasteiger partial charge in [-0.05, 0) is 19.0 Å². The molecule has 0 saturated carbocycles. The summed E-state index contributed by atoms with van der Waals surface area (Å²) in [6, 6.07) is 5.87. The summed E-state index contributed by atoms with van der Waals surface area (Å²) in [5.41, 5.74) is 1.08. The molecule has 0 unspecified atom stereocenters. The number of rotatable bonds is 8. The van der Waals surface area contributed by atoms with Crippen LogP contribution in [0.2, 0.25) is 0 Å². The molecular formula is C14H23NO3. The molecule has 102 valence electrons. The predicted molar refractivity (Wildman–Crippen MR) is 72.2 cm³/mol. The highest BCUT2D eigenvalue weighted by Gasteiger charge is 2.12. The van der Waals surface area contributed by atoms with Gasteiger partial charge in [-0.2, -0.15) is 0 Å². The van der Waals surface area contributed by atoms with Gasteiger partial charge >= 0.3 is 0 Å². The molecule has 0 heterocycles. The summed E-state index contributed by atoms with van der Waals surface area (Å²) < 4.78 is 10.7. The average molecular weight is 253 g/mol. The standard InChI is InChI=1S/C14H23NO3/c1-4-8-15(9-10-16)11-12-6-5-7-13(17-2)14(12)18-3/h5-7,16H,4,8-11H2,1-3H3. The molecule has 1 rings (SSSR count). The second kappa shape index (κ2) is 7.95. The Balaban J connectivity index is 2.87. The fourth-order valence-electron chi connectivity index (χ4n) is 2.05. The Morgan fingerprint density at radius 3 is 2.50 bits per heavy atom. The molecule has 0 atom stereocenters. The zero-order chi connectivity index (χ0) is 13.4. The van der Waals surface area contributed by atoms with E-state index in [1.54, 1.807) is 14.2 Å². The van der Waals surface area contributed by atoms with Gasteiger partial charge in [-0.1, -0.05) is 19.1 Å². The minimum atomic E-state index is 0.173. The van der Waals surface area contributed by atoms with Gasteiger partial charge in [-0.15, -0.1) is 0 Å². The Kier molecular flexibility index (Phi) is 6.54. The maximum atomic E-state index is 9.07. The first-order chi connectivity index (χ1) is 8.76. The minimum absolute atomic E-state index is 0.173. The van der Waals surface area contributed by atoms with E-state index in [4.69, 9.17) is 14.6 Å². The molecule has 0 aliphatic heterocycles. The first-order valence-electron chi connectivity index (χ1n) is 6.29. The van der Waals surface area contributed by atoms with Crippen molar-refractivity contribution in [2.45, 2.75) is 19.9 Å². The lowest BCUT2D eigenvalue weighted by molar-refractivity contribution is 0.188. The lowest BCUT2D eigenvalue weighted by atomic mass is 10.1. The molecule has 0 fully saturated rings. The number of methoxy groups -OCH3 is 2. The SMILES string of the molecule is CCCN(CCO)Cc1cccc(OC)c1OC. The number of hydrogen-bond acceptors (Lipinski definition) is 4. The molecule has 0 radical (unpaired) electrons. The zero-order valence-electron chi connectivity index (χ0n) is 11.5. The Hall–Kier alpha value is -1.26. The van der Waals surface area contributed by atoms with Crippen molar-refractivity contribution in [3.8, 4) is 11.5 Å². The van der Waals surface area contributed by atoms with Crippen LogP contribution in [0.25, 0.3) is 0 Å². The first-order valence-corrected chi connectivity index (χ1v) is 6.29. The van der Waals surface area contributed by atoms with Crippen LogP contribution in [-0.2, 0) is 6.54 Å². The highest BCUT2D eigenvalue weighted by molar-refractivity contribution is 5.46. The maximum Gasteiger partial charge on any atom is 0.165 e. The van der Waals surface area contributed by atoms with Gasteiger partial charge in [0.05, 0.1) is 20.8 Å². The summed E-state index contributed by atoms with van der Waals surface area (Å²) in [7, 11) is 3.29. The van der Waals surface area contributed by atoms with Gasteiger partial charge in [0, 0.05) is 18.7 Å². The molecule has 1 aromatic rings. The smallest absolute Gasteiger partial charge is 0.165 e. The highest BCUT2D eigenvalue weighted by Crippen LogP contribution is 2.31. The van der Waals surface area contributed by atoms with E-state index in [0.717, 1.165) is 36.6 Å². The molecule has 1 aromatic carbocycles. The largest absolute Gasteiger partial charge is 0.493 e. The van der Waals surface area contributed by atoms with Crippen LogP contribution >= 0.6 is 0 Å². The molecule has 0 aliphatic carbocycles. The maximum absolute atomic E-state index is 9.07. The summed E-state index contributed by atoms with van der Waals surface area (Å²) in [5, 5.41) is 9.07. The topological polar surface area (TPSA) is 41.9 Å². The molecule has 4 heteroatoms. The van der Waals surface area contributed by atoms with Gasteiger partial charge in [0.2, 0.25) is 0 Å². The van der Waals surface area contributed by atoms with Crippen LogP contribution in [0.4, 0.5) is 0 Å². The van der Waals surface area contributed by atoms with Crippen LogP contribution in [0.3, 0.4) is 0 Å². The summed E-state index contributed by atoms with van der Waals surface area (Å²) >= 11 is 0. The summed E-state index contributed by atoms with van der Waals surface area (Å²) in [5.74, 6) is 1.52. The number of aliphatic hydroxyl groups is 1. The minimum Gasteiger partial charge on any atom is -0.493 e. The number of hydrogen-bond donors (Lipinski definition) is 1. The number of benzene rings is 1. The number of para-hydroxylation sites is 1. The molecule has 0 spiro atoms. The molecule has 1 N–H and O–H groups in total. The quantitative estimate of drug-likeness (QED) is 0.768. The van der Waals surface area contributed by atoms with Crippen molar-refractivity contribution in [3.05, 3.63) is 23.8 Å². The van der Waals surface area contributed by atoms with Gasteiger partial charge < -0.3 is 14.6 Å². The van der Waals surface area contributed by atoms with Gasteiger partial charge in [-0.25, -0.2) is 0 Å². The van der Waals surface area contributed by atoms with Crippen molar-refractivity contribution >= 4 is 0 Å². The van der Waals surface area contributed by atoms with Crippen LogP contribution in [0.15, 0.2) is 18.2 Å². The summed E-state index contributed by atoms with van der Waals surface area (Å²) in [4.78, 5) is 2.21. The molecule has 0 saturated heterocycles. The Morgan fingerprint density at radius 2 is 1.94 bits per heavy atom. The normalized spacial score (nSPS) is 10.7. The average Bonchev–Trinajstić information content (AvgIpc) is 2.39. The number of ether oxygens (including phenoxy) is 2.